The van der Waals surface area contributed by atoms with Crippen LogP contribution in [-0.2, 0) is 24.9 Å². The number of nitrogens with zero attached hydrogens (tertiary/aromatic N) is 2. The molecule has 4 rings (SSSR count). The minimum atomic E-state index is -4.79. The summed E-state index contributed by atoms with van der Waals surface area (Å²) in [7, 11) is -2.04. The summed E-state index contributed by atoms with van der Waals surface area (Å²) >= 11 is 0. The summed E-state index contributed by atoms with van der Waals surface area (Å²) in [6.07, 6.45) is -3.19. The highest BCUT2D eigenvalue weighted by atomic mass is 28.4. The summed E-state index contributed by atoms with van der Waals surface area (Å²) < 4.78 is 53.3. The zero-order valence-electron chi connectivity index (χ0n) is 20.9. The number of carbonyl (C=O) groups excluding carboxylic acids is 2. The number of halogens is 3. The molecule has 1 aromatic carbocycles. The fourth-order valence-corrected chi connectivity index (χ4v) is 6.61. The van der Waals surface area contributed by atoms with Crippen molar-refractivity contribution in [1.82, 2.24) is 0 Å². The first kappa shape index (κ1) is 25.9. The van der Waals surface area contributed by atoms with E-state index in [1.54, 1.807) is 0 Å². The lowest BCUT2D eigenvalue weighted by molar-refractivity contribution is -0.138. The third-order valence-corrected chi connectivity index (χ3v) is 13.0. The maximum atomic E-state index is 13.6. The maximum absolute atomic E-state index is 13.6. The van der Waals surface area contributed by atoms with Crippen molar-refractivity contribution >= 4 is 25.8 Å². The van der Waals surface area contributed by atoms with Crippen molar-refractivity contribution in [1.29, 1.82) is 5.26 Å². The van der Waals surface area contributed by atoms with Gasteiger partial charge in [0.1, 0.15) is 0 Å². The number of benzene rings is 1. The van der Waals surface area contributed by atoms with Gasteiger partial charge in [-0.25, -0.2) is 4.90 Å². The first-order chi connectivity index (χ1) is 16.0. The molecule has 2 bridgehead atoms. The second-order valence-corrected chi connectivity index (χ2v) is 16.5. The van der Waals surface area contributed by atoms with Crippen molar-refractivity contribution in [2.24, 2.45) is 11.8 Å². The monoisotopic (exact) mass is 508 g/mol. The number of alkyl halides is 3. The normalized spacial score (nSPS) is 30.7. The van der Waals surface area contributed by atoms with Crippen LogP contribution in [0.15, 0.2) is 18.2 Å². The number of nitriles is 1. The first-order valence-corrected chi connectivity index (χ1v) is 14.7. The van der Waals surface area contributed by atoms with Crippen molar-refractivity contribution < 1.29 is 31.9 Å². The van der Waals surface area contributed by atoms with Gasteiger partial charge in [0.05, 0.1) is 45.9 Å². The SMILES string of the molecule is CC12CCC(CCO[Si](C)(C)C(C)(C)C)(O1)C1C(=O)N(c3ccc(C#N)c(C(F)(F)F)c3)C(=O)C12. The lowest BCUT2D eigenvalue weighted by atomic mass is 9.67. The van der Waals surface area contributed by atoms with Crippen LogP contribution in [0.2, 0.25) is 18.1 Å². The van der Waals surface area contributed by atoms with E-state index in [1.165, 1.54) is 12.1 Å². The van der Waals surface area contributed by atoms with Crippen molar-refractivity contribution in [3.8, 4) is 6.07 Å². The quantitative estimate of drug-likeness (QED) is 0.392. The molecule has 10 heteroatoms. The van der Waals surface area contributed by atoms with E-state index < -0.39 is 60.5 Å². The second-order valence-electron chi connectivity index (χ2n) is 11.6. The molecule has 3 fully saturated rings. The van der Waals surface area contributed by atoms with Gasteiger partial charge in [0.2, 0.25) is 11.8 Å². The zero-order chi connectivity index (χ0) is 26.2. The van der Waals surface area contributed by atoms with E-state index in [9.17, 15) is 22.8 Å². The van der Waals surface area contributed by atoms with E-state index in [0.717, 1.165) is 11.0 Å². The van der Waals surface area contributed by atoms with E-state index in [2.05, 4.69) is 33.9 Å². The lowest BCUT2D eigenvalue weighted by Crippen LogP contribution is -2.45. The molecule has 3 aliphatic rings. The topological polar surface area (TPSA) is 79.6 Å². The van der Waals surface area contributed by atoms with Crippen LogP contribution in [0.3, 0.4) is 0 Å². The minimum Gasteiger partial charge on any atom is -0.417 e. The smallest absolute Gasteiger partial charge is 0.417 e. The molecule has 0 saturated carbocycles. The van der Waals surface area contributed by atoms with Gasteiger partial charge in [-0.2, -0.15) is 18.4 Å². The molecular formula is C25H31F3N2O4Si. The average Bonchev–Trinajstić information content (AvgIpc) is 3.30. The summed E-state index contributed by atoms with van der Waals surface area (Å²) in [4.78, 5) is 27.9. The van der Waals surface area contributed by atoms with Crippen molar-refractivity contribution in [3.05, 3.63) is 29.3 Å². The Kier molecular flexibility index (Phi) is 5.83. The third kappa shape index (κ3) is 3.92. The molecule has 190 valence electrons. The summed E-state index contributed by atoms with van der Waals surface area (Å²) in [6.45, 7) is 12.9. The summed E-state index contributed by atoms with van der Waals surface area (Å²) in [5.74, 6) is -2.64. The van der Waals surface area contributed by atoms with Crippen LogP contribution in [0.1, 0.15) is 58.1 Å². The van der Waals surface area contributed by atoms with E-state index in [1.807, 2.05) is 6.92 Å². The fraction of sp³-hybridized carbons (Fsp3) is 0.640. The molecule has 4 unspecified atom stereocenters. The van der Waals surface area contributed by atoms with Gasteiger partial charge in [0, 0.05) is 6.61 Å². The highest BCUT2D eigenvalue weighted by molar-refractivity contribution is 6.74. The van der Waals surface area contributed by atoms with Gasteiger partial charge >= 0.3 is 6.18 Å². The average molecular weight is 509 g/mol. The number of hydrogen-bond acceptors (Lipinski definition) is 5. The Morgan fingerprint density at radius 2 is 1.80 bits per heavy atom. The van der Waals surface area contributed by atoms with Crippen LogP contribution in [0, 0.1) is 23.2 Å². The van der Waals surface area contributed by atoms with E-state index in [4.69, 9.17) is 14.4 Å². The lowest BCUT2D eigenvalue weighted by Gasteiger charge is -2.38. The Morgan fingerprint density at radius 1 is 1.17 bits per heavy atom. The van der Waals surface area contributed by atoms with Crippen LogP contribution in [-0.4, -0.2) is 37.9 Å². The molecule has 0 radical (unpaired) electrons. The number of fused-ring (bicyclic) bond motifs is 5. The molecule has 2 amide bonds. The molecule has 4 atom stereocenters. The van der Waals surface area contributed by atoms with Crippen molar-refractivity contribution in [2.45, 2.75) is 82.5 Å². The Morgan fingerprint density at radius 3 is 2.37 bits per heavy atom. The predicted octanol–water partition coefficient (Wildman–Crippen LogP) is 5.42. The van der Waals surface area contributed by atoms with E-state index in [0.29, 0.717) is 31.9 Å². The zero-order valence-corrected chi connectivity index (χ0v) is 21.9. The number of hydrogen-bond donors (Lipinski definition) is 0. The standard InChI is InChI=1S/C25H31F3N2O4Si/c1-22(2,3)35(5,6)33-12-11-24-10-9-23(4,34-24)18-19(24)21(32)30(20(18)31)16-8-7-15(14-29)17(13-16)25(26,27)28/h7-8,13,18-19H,9-12H2,1-6H3. The highest BCUT2D eigenvalue weighted by Gasteiger charge is 2.73. The number of carbonyl (C=O) groups is 2. The van der Waals surface area contributed by atoms with E-state index >= 15 is 0 Å². The Hall–Kier alpha value is -2.22. The molecular weight excluding hydrogens is 477 g/mol. The van der Waals surface area contributed by atoms with Gasteiger partial charge in [-0.3, -0.25) is 9.59 Å². The van der Waals surface area contributed by atoms with Gasteiger partial charge in [0.15, 0.2) is 8.32 Å². The predicted molar refractivity (Wildman–Crippen MR) is 125 cm³/mol. The van der Waals surface area contributed by atoms with Gasteiger partial charge in [-0.15, -0.1) is 0 Å². The molecule has 0 aromatic heterocycles. The van der Waals surface area contributed by atoms with E-state index in [-0.39, 0.29) is 10.7 Å². The molecule has 6 nitrogen and oxygen atoms in total. The molecule has 3 aliphatic heterocycles. The number of imide groups is 1. The molecule has 0 N–H and O–H groups in total. The molecule has 35 heavy (non-hydrogen) atoms. The highest BCUT2D eigenvalue weighted by Crippen LogP contribution is 2.62. The van der Waals surface area contributed by atoms with Crippen LogP contribution in [0.4, 0.5) is 18.9 Å². The molecule has 0 spiro atoms. The minimum absolute atomic E-state index is 0.00957. The number of amides is 2. The largest absolute Gasteiger partial charge is 0.417 e. The molecule has 3 saturated heterocycles. The summed E-state index contributed by atoms with van der Waals surface area (Å²) in [5, 5.41) is 9.10. The summed E-state index contributed by atoms with van der Waals surface area (Å²) in [6, 6.07) is 4.47. The Labute approximate surface area is 204 Å². The molecule has 3 heterocycles. The van der Waals surface area contributed by atoms with Crippen LogP contribution in [0.25, 0.3) is 0 Å². The maximum Gasteiger partial charge on any atom is 0.417 e. The Balaban J connectivity index is 1.65. The first-order valence-electron chi connectivity index (χ1n) is 11.8. The number of rotatable bonds is 5. The second kappa shape index (κ2) is 7.89. The Bertz CT molecular complexity index is 1120. The van der Waals surface area contributed by atoms with Gasteiger partial charge in [-0.1, -0.05) is 20.8 Å². The van der Waals surface area contributed by atoms with Crippen LogP contribution >= 0.6 is 0 Å². The third-order valence-electron chi connectivity index (χ3n) is 8.49. The van der Waals surface area contributed by atoms with Gasteiger partial charge in [-0.05, 0) is 62.5 Å². The van der Waals surface area contributed by atoms with Gasteiger partial charge < -0.3 is 9.16 Å². The summed E-state index contributed by atoms with van der Waals surface area (Å²) in [5.41, 5.74) is -3.64. The molecule has 1 aromatic rings. The van der Waals surface area contributed by atoms with Gasteiger partial charge in [0.25, 0.3) is 0 Å². The molecule has 0 aliphatic carbocycles. The number of ether oxygens (including phenoxy) is 1. The number of anilines is 1. The van der Waals surface area contributed by atoms with Crippen molar-refractivity contribution in [3.63, 3.8) is 0 Å². The fourth-order valence-electron chi connectivity index (χ4n) is 5.56. The van der Waals surface area contributed by atoms with Crippen LogP contribution < -0.4 is 4.90 Å². The van der Waals surface area contributed by atoms with Crippen LogP contribution in [0.5, 0.6) is 0 Å². The van der Waals surface area contributed by atoms with Crippen molar-refractivity contribution in [2.75, 3.05) is 11.5 Å².